The molecule has 3 saturated carbocycles. The molecule has 2 heteroatoms. The van der Waals surface area contributed by atoms with Gasteiger partial charge in [0.1, 0.15) is 0 Å². The molecule has 1 aromatic carbocycles. The van der Waals surface area contributed by atoms with Gasteiger partial charge in [-0.15, -0.1) is 0 Å². The summed E-state index contributed by atoms with van der Waals surface area (Å²) in [6.45, 7) is 5.32. The zero-order valence-corrected chi connectivity index (χ0v) is 20.0. The van der Waals surface area contributed by atoms with Gasteiger partial charge in [0.25, 0.3) is 0 Å². The summed E-state index contributed by atoms with van der Waals surface area (Å²) in [7, 11) is 4.59. The minimum atomic E-state index is 0.358. The number of aromatic amines is 1. The molecule has 0 saturated heterocycles. The molecule has 1 aromatic heterocycles. The lowest BCUT2D eigenvalue weighted by Gasteiger charge is -2.61. The predicted molar refractivity (Wildman–Crippen MR) is 131 cm³/mol. The Kier molecular flexibility index (Phi) is 4.52. The molecule has 166 valence electrons. The Bertz CT molecular complexity index is 1010. The van der Waals surface area contributed by atoms with Gasteiger partial charge >= 0.3 is 0 Å². The molecule has 0 spiro atoms. The minimum absolute atomic E-state index is 0.358. The minimum Gasteiger partial charge on any atom is -0.361 e. The summed E-state index contributed by atoms with van der Waals surface area (Å²) >= 11 is 0. The van der Waals surface area contributed by atoms with Crippen molar-refractivity contribution in [3.63, 3.8) is 0 Å². The van der Waals surface area contributed by atoms with Crippen LogP contribution in [0, 0.1) is 34.5 Å². The highest BCUT2D eigenvalue weighted by molar-refractivity contribution is 5.94. The lowest BCUT2D eigenvalue weighted by atomic mass is 9.44. The molecule has 1 heterocycles. The maximum atomic E-state index is 3.43. The lowest BCUT2D eigenvalue weighted by molar-refractivity contribution is -0.106. The first-order chi connectivity index (χ1) is 14.9. The van der Waals surface area contributed by atoms with Crippen molar-refractivity contribution in [3.8, 4) is 0 Å². The van der Waals surface area contributed by atoms with E-state index in [0.717, 1.165) is 29.7 Å². The number of benzene rings is 1. The second-order valence-electron chi connectivity index (χ2n) is 12.1. The van der Waals surface area contributed by atoms with Crippen molar-refractivity contribution in [2.75, 3.05) is 14.1 Å². The van der Waals surface area contributed by atoms with Crippen molar-refractivity contribution in [2.24, 2.45) is 34.5 Å². The number of nitrogens with zero attached hydrogens (tertiary/aromatic N) is 1. The largest absolute Gasteiger partial charge is 0.361 e. The van der Waals surface area contributed by atoms with E-state index >= 15 is 0 Å². The molecule has 31 heavy (non-hydrogen) atoms. The SMILES string of the molecule is CN(C)[C@@H]1CC[C@@]2(C)[C@@H](CC[C@@H]3[C@@H]2CC[C@]2(C)C(c4cccc5[nH]ccc45)=CC[C@@H]32)C1. The Morgan fingerprint density at radius 2 is 1.84 bits per heavy atom. The lowest BCUT2D eigenvalue weighted by Crippen LogP contribution is -2.54. The fourth-order valence-corrected chi connectivity index (χ4v) is 9.01. The monoisotopic (exact) mass is 416 g/mol. The fraction of sp³-hybridized carbons (Fsp3) is 0.655. The highest BCUT2D eigenvalue weighted by Crippen LogP contribution is 2.67. The molecule has 2 nitrogen and oxygen atoms in total. The van der Waals surface area contributed by atoms with Crippen molar-refractivity contribution in [1.82, 2.24) is 9.88 Å². The van der Waals surface area contributed by atoms with E-state index in [2.05, 4.69) is 74.4 Å². The van der Waals surface area contributed by atoms with Gasteiger partial charge in [-0.3, -0.25) is 0 Å². The van der Waals surface area contributed by atoms with Crippen molar-refractivity contribution >= 4 is 16.5 Å². The standard InChI is InChI=1S/C29H40N2/c1-28-15-12-20(31(3)4)18-19(28)8-9-23-25-11-10-24(29(25,2)16-13-26(23)28)21-6-5-7-27-22(21)14-17-30-27/h5-7,10,14,17,19-20,23,25-26,30H,8-9,11-13,15-16,18H2,1-4H3/t19-,20+,23-,25-,26-,28-,29+/m0/s1. The summed E-state index contributed by atoms with van der Waals surface area (Å²) in [6, 6.07) is 9.93. The molecule has 0 amide bonds. The third-order valence-electron chi connectivity index (χ3n) is 10.8. The maximum Gasteiger partial charge on any atom is 0.0460 e. The molecule has 0 radical (unpaired) electrons. The van der Waals surface area contributed by atoms with Crippen molar-refractivity contribution in [2.45, 2.75) is 71.3 Å². The smallest absolute Gasteiger partial charge is 0.0460 e. The summed E-state index contributed by atoms with van der Waals surface area (Å²) in [6.07, 6.45) is 16.1. The van der Waals surface area contributed by atoms with Gasteiger partial charge in [-0.1, -0.05) is 32.1 Å². The highest BCUT2D eigenvalue weighted by Gasteiger charge is 2.58. The highest BCUT2D eigenvalue weighted by atomic mass is 15.1. The third kappa shape index (κ3) is 2.79. The predicted octanol–water partition coefficient (Wildman–Crippen LogP) is 7.13. The van der Waals surface area contributed by atoms with Gasteiger partial charge < -0.3 is 9.88 Å². The average molecular weight is 417 g/mol. The molecule has 4 aliphatic rings. The molecule has 6 rings (SSSR count). The number of nitrogens with one attached hydrogen (secondary N) is 1. The number of aromatic nitrogens is 1. The van der Waals surface area contributed by atoms with Crippen LogP contribution in [0.25, 0.3) is 16.5 Å². The second kappa shape index (κ2) is 6.98. The van der Waals surface area contributed by atoms with Crippen LogP contribution in [0.15, 0.2) is 36.5 Å². The third-order valence-corrected chi connectivity index (χ3v) is 10.8. The molecular formula is C29H40N2. The molecule has 7 atom stereocenters. The maximum absolute atomic E-state index is 3.43. The van der Waals surface area contributed by atoms with E-state index in [1.165, 1.54) is 67.8 Å². The van der Waals surface area contributed by atoms with E-state index in [9.17, 15) is 0 Å². The van der Waals surface area contributed by atoms with E-state index in [1.807, 2.05) is 0 Å². The summed E-state index contributed by atoms with van der Waals surface area (Å²) < 4.78 is 0. The topological polar surface area (TPSA) is 19.0 Å². The van der Waals surface area contributed by atoms with Gasteiger partial charge in [0.2, 0.25) is 0 Å². The molecule has 0 aliphatic heterocycles. The second-order valence-corrected chi connectivity index (χ2v) is 12.1. The van der Waals surface area contributed by atoms with Gasteiger partial charge in [0, 0.05) is 23.1 Å². The zero-order valence-electron chi connectivity index (χ0n) is 20.0. The first-order valence-electron chi connectivity index (χ1n) is 12.9. The van der Waals surface area contributed by atoms with Crippen LogP contribution < -0.4 is 0 Å². The van der Waals surface area contributed by atoms with Crippen LogP contribution in [-0.4, -0.2) is 30.0 Å². The van der Waals surface area contributed by atoms with Crippen LogP contribution in [0.1, 0.15) is 70.8 Å². The number of H-pyrrole nitrogens is 1. The van der Waals surface area contributed by atoms with Gasteiger partial charge in [-0.05, 0) is 123 Å². The quantitative estimate of drug-likeness (QED) is 0.551. The van der Waals surface area contributed by atoms with Gasteiger partial charge in [-0.2, -0.15) is 0 Å². The Morgan fingerprint density at radius 1 is 0.968 bits per heavy atom. The van der Waals surface area contributed by atoms with Crippen LogP contribution in [0.5, 0.6) is 0 Å². The Balaban J connectivity index is 1.30. The van der Waals surface area contributed by atoms with E-state index < -0.39 is 0 Å². The Labute approximate surface area is 188 Å². The summed E-state index contributed by atoms with van der Waals surface area (Å²) in [5.41, 5.74) is 5.37. The zero-order chi connectivity index (χ0) is 21.4. The molecular weight excluding hydrogens is 376 g/mol. The molecule has 0 unspecified atom stereocenters. The normalized spacial score (nSPS) is 42.2. The van der Waals surface area contributed by atoms with Crippen LogP contribution in [0.3, 0.4) is 0 Å². The van der Waals surface area contributed by atoms with E-state index in [1.54, 1.807) is 5.57 Å². The van der Waals surface area contributed by atoms with E-state index in [-0.39, 0.29) is 0 Å². The number of hydrogen-bond donors (Lipinski definition) is 1. The van der Waals surface area contributed by atoms with Crippen LogP contribution in [-0.2, 0) is 0 Å². The number of allylic oxidation sites excluding steroid dienone is 2. The summed E-state index contributed by atoms with van der Waals surface area (Å²) in [4.78, 5) is 5.93. The molecule has 3 fully saturated rings. The fourth-order valence-electron chi connectivity index (χ4n) is 9.01. The van der Waals surface area contributed by atoms with Crippen LogP contribution in [0.4, 0.5) is 0 Å². The first-order valence-corrected chi connectivity index (χ1v) is 12.9. The van der Waals surface area contributed by atoms with Crippen molar-refractivity contribution in [3.05, 3.63) is 42.1 Å². The van der Waals surface area contributed by atoms with Crippen molar-refractivity contribution < 1.29 is 0 Å². The van der Waals surface area contributed by atoms with Gasteiger partial charge in [0.15, 0.2) is 0 Å². The van der Waals surface area contributed by atoms with Crippen LogP contribution in [0.2, 0.25) is 0 Å². The summed E-state index contributed by atoms with van der Waals surface area (Å²) in [5.74, 6) is 3.67. The Hall–Kier alpha value is -1.54. The molecule has 4 aliphatic carbocycles. The molecule has 1 N–H and O–H groups in total. The van der Waals surface area contributed by atoms with Gasteiger partial charge in [0.05, 0.1) is 0 Å². The van der Waals surface area contributed by atoms with Crippen molar-refractivity contribution in [1.29, 1.82) is 0 Å². The summed E-state index contributed by atoms with van der Waals surface area (Å²) in [5, 5.41) is 1.41. The van der Waals surface area contributed by atoms with E-state index in [0.29, 0.717) is 10.8 Å². The number of hydrogen-bond acceptors (Lipinski definition) is 1. The molecule has 0 bridgehead atoms. The van der Waals surface area contributed by atoms with Crippen LogP contribution >= 0.6 is 0 Å². The van der Waals surface area contributed by atoms with E-state index in [4.69, 9.17) is 0 Å². The average Bonchev–Trinajstić information content (AvgIpc) is 3.37. The van der Waals surface area contributed by atoms with Gasteiger partial charge in [-0.25, -0.2) is 0 Å². The molecule has 2 aromatic rings. The number of fused-ring (bicyclic) bond motifs is 6. The Morgan fingerprint density at radius 3 is 2.68 bits per heavy atom. The first kappa shape index (κ1) is 20.1. The number of rotatable bonds is 2.